The number of hydrazone groups is 1. The highest BCUT2D eigenvalue weighted by molar-refractivity contribution is 5.89. The summed E-state index contributed by atoms with van der Waals surface area (Å²) in [6.07, 6.45) is 1.56. The topological polar surface area (TPSA) is 139 Å². The van der Waals surface area contributed by atoms with Gasteiger partial charge in [-0.25, -0.2) is 15.2 Å². The van der Waals surface area contributed by atoms with Gasteiger partial charge in [0.15, 0.2) is 0 Å². The molecule has 4 aromatic rings. The van der Waals surface area contributed by atoms with Crippen molar-refractivity contribution < 1.29 is 19.0 Å². The van der Waals surface area contributed by atoms with Crippen molar-refractivity contribution in [2.45, 2.75) is 0 Å². The van der Waals surface area contributed by atoms with Crippen molar-refractivity contribution in [2.24, 2.45) is 5.10 Å². The van der Waals surface area contributed by atoms with Crippen LogP contribution in [0.2, 0.25) is 0 Å². The van der Waals surface area contributed by atoms with Crippen LogP contribution in [-0.2, 0) is 4.74 Å². The third-order valence-corrected chi connectivity index (χ3v) is 5.22. The van der Waals surface area contributed by atoms with Crippen molar-refractivity contribution in [3.63, 3.8) is 0 Å². The number of H-pyrrole nitrogens is 1. The Hall–Kier alpha value is -5.43. The minimum Gasteiger partial charge on any atom is -0.490 e. The Kier molecular flexibility index (Phi) is 8.44. The molecule has 4 rings (SSSR count). The number of nitrogens with zero attached hydrogens (tertiary/aromatic N) is 3. The predicted molar refractivity (Wildman–Crippen MR) is 141 cm³/mol. The SMILES string of the molecule is COC(=O)c1cccc(OCCOc2ccc(C=NNc3nc(-c4ccccc4)c(C#N)c(=O)[nH]3)cc2)c1. The molecule has 0 saturated carbocycles. The molecule has 3 aromatic carbocycles. The lowest BCUT2D eigenvalue weighted by Crippen LogP contribution is -2.16. The smallest absolute Gasteiger partial charge is 0.337 e. The van der Waals surface area contributed by atoms with Crippen LogP contribution in [0.1, 0.15) is 21.5 Å². The molecule has 0 unspecified atom stereocenters. The van der Waals surface area contributed by atoms with Crippen LogP contribution in [0, 0.1) is 11.3 Å². The van der Waals surface area contributed by atoms with Gasteiger partial charge in [-0.05, 0) is 48.0 Å². The number of ether oxygens (including phenoxy) is 3. The minimum absolute atomic E-state index is 0.0681. The molecule has 0 atom stereocenters. The van der Waals surface area contributed by atoms with Gasteiger partial charge >= 0.3 is 5.97 Å². The molecule has 0 aliphatic rings. The van der Waals surface area contributed by atoms with Gasteiger partial charge in [0.25, 0.3) is 5.56 Å². The Morgan fingerprint density at radius 1 is 1.03 bits per heavy atom. The van der Waals surface area contributed by atoms with Crippen LogP contribution >= 0.6 is 0 Å². The molecule has 1 aromatic heterocycles. The molecule has 190 valence electrons. The summed E-state index contributed by atoms with van der Waals surface area (Å²) in [7, 11) is 1.33. The summed E-state index contributed by atoms with van der Waals surface area (Å²) in [6, 6.07) is 24.8. The van der Waals surface area contributed by atoms with Gasteiger partial charge in [0.05, 0.1) is 24.6 Å². The van der Waals surface area contributed by atoms with E-state index in [0.717, 1.165) is 5.56 Å². The van der Waals surface area contributed by atoms with E-state index >= 15 is 0 Å². The lowest BCUT2D eigenvalue weighted by Gasteiger charge is -2.09. The van der Waals surface area contributed by atoms with Gasteiger partial charge in [-0.15, -0.1) is 0 Å². The van der Waals surface area contributed by atoms with Crippen molar-refractivity contribution in [3.05, 3.63) is 106 Å². The van der Waals surface area contributed by atoms with Crippen molar-refractivity contribution >= 4 is 18.1 Å². The Balaban J connectivity index is 1.30. The highest BCUT2D eigenvalue weighted by Crippen LogP contribution is 2.19. The summed E-state index contributed by atoms with van der Waals surface area (Å²) in [4.78, 5) is 30.8. The van der Waals surface area contributed by atoms with E-state index in [0.29, 0.717) is 35.8 Å². The highest BCUT2D eigenvalue weighted by Gasteiger charge is 2.13. The van der Waals surface area contributed by atoms with Gasteiger partial charge in [0.2, 0.25) is 5.95 Å². The summed E-state index contributed by atoms with van der Waals surface area (Å²) in [5.74, 6) is 0.877. The van der Waals surface area contributed by atoms with Crippen LogP contribution in [0.3, 0.4) is 0 Å². The highest BCUT2D eigenvalue weighted by atomic mass is 16.5. The second-order valence-corrected chi connectivity index (χ2v) is 7.77. The summed E-state index contributed by atoms with van der Waals surface area (Å²) in [6.45, 7) is 0.595. The molecule has 2 N–H and O–H groups in total. The maximum Gasteiger partial charge on any atom is 0.337 e. The maximum atomic E-state index is 12.3. The Morgan fingerprint density at radius 2 is 1.76 bits per heavy atom. The Morgan fingerprint density at radius 3 is 2.47 bits per heavy atom. The van der Waals surface area contributed by atoms with Crippen LogP contribution in [0.4, 0.5) is 5.95 Å². The number of nitriles is 1. The molecule has 0 radical (unpaired) electrons. The largest absolute Gasteiger partial charge is 0.490 e. The van der Waals surface area contributed by atoms with Crippen LogP contribution in [-0.4, -0.2) is 42.5 Å². The molecule has 0 spiro atoms. The van der Waals surface area contributed by atoms with Gasteiger partial charge in [-0.2, -0.15) is 10.4 Å². The number of esters is 1. The van der Waals surface area contributed by atoms with E-state index in [1.165, 1.54) is 7.11 Å². The summed E-state index contributed by atoms with van der Waals surface area (Å²) < 4.78 is 16.0. The normalized spacial score (nSPS) is 10.5. The van der Waals surface area contributed by atoms with Gasteiger partial charge in [-0.3, -0.25) is 9.78 Å². The fourth-order valence-electron chi connectivity index (χ4n) is 3.40. The van der Waals surface area contributed by atoms with E-state index in [1.54, 1.807) is 66.9 Å². The van der Waals surface area contributed by atoms with Gasteiger partial charge in [-0.1, -0.05) is 36.4 Å². The van der Waals surface area contributed by atoms with Gasteiger partial charge < -0.3 is 14.2 Å². The van der Waals surface area contributed by atoms with Gasteiger partial charge in [0.1, 0.15) is 36.3 Å². The minimum atomic E-state index is -0.555. The summed E-state index contributed by atoms with van der Waals surface area (Å²) >= 11 is 0. The lowest BCUT2D eigenvalue weighted by molar-refractivity contribution is 0.0600. The number of carbonyl (C=O) groups excluding carboxylic acids is 1. The number of rotatable bonds is 10. The number of benzene rings is 3. The lowest BCUT2D eigenvalue weighted by atomic mass is 10.1. The molecular formula is C28H23N5O5. The first-order valence-corrected chi connectivity index (χ1v) is 11.5. The monoisotopic (exact) mass is 509 g/mol. The number of methoxy groups -OCH3 is 1. The number of hydrogen-bond acceptors (Lipinski definition) is 9. The predicted octanol–water partition coefficient (Wildman–Crippen LogP) is 4.00. The number of nitrogens with one attached hydrogen (secondary N) is 2. The van der Waals surface area contributed by atoms with Crippen molar-refractivity contribution in [1.29, 1.82) is 5.26 Å². The second-order valence-electron chi connectivity index (χ2n) is 7.77. The molecule has 10 nitrogen and oxygen atoms in total. The first-order valence-electron chi connectivity index (χ1n) is 11.5. The van der Waals surface area contributed by atoms with Crippen molar-refractivity contribution in [2.75, 3.05) is 25.7 Å². The van der Waals surface area contributed by atoms with E-state index in [1.807, 2.05) is 24.3 Å². The molecule has 0 bridgehead atoms. The standard InChI is InChI=1S/C28H23N5O5/c1-36-27(35)21-8-5-9-23(16-21)38-15-14-37-22-12-10-19(11-13-22)18-30-33-28-31-25(20-6-3-2-4-7-20)24(17-29)26(34)32-28/h2-13,16,18H,14-15H2,1H3,(H2,31,32,33,34). The molecule has 0 fully saturated rings. The molecule has 10 heteroatoms. The first kappa shape index (κ1) is 25.7. The third kappa shape index (κ3) is 6.61. The maximum absolute atomic E-state index is 12.3. The second kappa shape index (κ2) is 12.5. The van der Waals surface area contributed by atoms with E-state index in [-0.39, 0.29) is 17.2 Å². The number of aromatic nitrogens is 2. The quantitative estimate of drug-likeness (QED) is 0.142. The molecule has 0 aliphatic carbocycles. The van der Waals surface area contributed by atoms with Crippen LogP contribution < -0.4 is 20.5 Å². The van der Waals surface area contributed by atoms with Crippen molar-refractivity contribution in [1.82, 2.24) is 9.97 Å². The molecular weight excluding hydrogens is 486 g/mol. The van der Waals surface area contributed by atoms with Crippen LogP contribution in [0.5, 0.6) is 11.5 Å². The molecule has 1 heterocycles. The number of aromatic amines is 1. The zero-order valence-electron chi connectivity index (χ0n) is 20.4. The average molecular weight is 510 g/mol. The fourth-order valence-corrected chi connectivity index (χ4v) is 3.40. The van der Waals surface area contributed by atoms with E-state index in [4.69, 9.17) is 14.2 Å². The van der Waals surface area contributed by atoms with E-state index < -0.39 is 11.5 Å². The van der Waals surface area contributed by atoms with Crippen LogP contribution in [0.25, 0.3) is 11.3 Å². The summed E-state index contributed by atoms with van der Waals surface area (Å²) in [5, 5.41) is 13.5. The van der Waals surface area contributed by atoms with E-state index in [9.17, 15) is 14.9 Å². The molecule has 0 saturated heterocycles. The average Bonchev–Trinajstić information content (AvgIpc) is 2.96. The Bertz CT molecular complexity index is 1530. The number of anilines is 1. The fraction of sp³-hybridized carbons (Fsp3) is 0.107. The van der Waals surface area contributed by atoms with E-state index in [2.05, 4.69) is 20.5 Å². The third-order valence-electron chi connectivity index (χ3n) is 5.22. The van der Waals surface area contributed by atoms with Crippen molar-refractivity contribution in [3.8, 4) is 28.8 Å². The Labute approximate surface area is 218 Å². The summed E-state index contributed by atoms with van der Waals surface area (Å²) in [5.41, 5.74) is 4.19. The molecule has 0 amide bonds. The van der Waals surface area contributed by atoms with Gasteiger partial charge in [0, 0.05) is 5.56 Å². The number of carbonyl (C=O) groups is 1. The zero-order chi connectivity index (χ0) is 26.7. The first-order chi connectivity index (χ1) is 18.6. The number of hydrogen-bond donors (Lipinski definition) is 2. The molecule has 0 aliphatic heterocycles. The molecule has 38 heavy (non-hydrogen) atoms. The van der Waals surface area contributed by atoms with Crippen LogP contribution in [0.15, 0.2) is 88.8 Å². The zero-order valence-corrected chi connectivity index (χ0v) is 20.4.